The summed E-state index contributed by atoms with van der Waals surface area (Å²) in [6.45, 7) is 6.09. The number of amides is 1. The van der Waals surface area contributed by atoms with E-state index >= 15 is 0 Å². The monoisotopic (exact) mass is 350 g/mol. The number of H-pyrrole nitrogens is 1. The molecule has 3 aromatic rings. The summed E-state index contributed by atoms with van der Waals surface area (Å²) in [6, 6.07) is 13.3. The third-order valence-electron chi connectivity index (χ3n) is 4.40. The Hall–Kier alpha value is -3.08. The van der Waals surface area contributed by atoms with Crippen molar-refractivity contribution in [2.45, 2.75) is 27.3 Å². The zero-order chi connectivity index (χ0) is 18.7. The summed E-state index contributed by atoms with van der Waals surface area (Å²) >= 11 is 0. The van der Waals surface area contributed by atoms with Crippen LogP contribution < -0.4 is 15.6 Å². The molecule has 0 aliphatic carbocycles. The standard InChI is InChI=1S/C21H22N2O3/c1-13-4-7-19-16(8-13)10-17(21(25)23-19)11-22-20(24)12-26-18-6-5-14(2)15(3)9-18/h4-10H,11-12H2,1-3H3,(H,22,24)(H,23,25). The number of aromatic nitrogens is 1. The summed E-state index contributed by atoms with van der Waals surface area (Å²) in [5, 5.41) is 3.68. The molecular formula is C21H22N2O3. The highest BCUT2D eigenvalue weighted by molar-refractivity contribution is 5.80. The smallest absolute Gasteiger partial charge is 0.258 e. The van der Waals surface area contributed by atoms with Crippen LogP contribution in [0.3, 0.4) is 0 Å². The number of aromatic amines is 1. The number of carbonyl (C=O) groups excluding carboxylic acids is 1. The van der Waals surface area contributed by atoms with Crippen molar-refractivity contribution in [1.82, 2.24) is 10.3 Å². The Balaban J connectivity index is 1.62. The normalized spacial score (nSPS) is 10.7. The number of rotatable bonds is 5. The summed E-state index contributed by atoms with van der Waals surface area (Å²) in [6.07, 6.45) is 0. The van der Waals surface area contributed by atoms with Crippen molar-refractivity contribution in [3.8, 4) is 5.75 Å². The number of aryl methyl sites for hydroxylation is 3. The van der Waals surface area contributed by atoms with Crippen LogP contribution in [0.25, 0.3) is 10.9 Å². The second-order valence-electron chi connectivity index (χ2n) is 6.53. The lowest BCUT2D eigenvalue weighted by molar-refractivity contribution is -0.123. The lowest BCUT2D eigenvalue weighted by Crippen LogP contribution is -2.30. The molecule has 0 unspecified atom stereocenters. The summed E-state index contributed by atoms with van der Waals surface area (Å²) in [5.74, 6) is 0.384. The number of nitrogens with one attached hydrogen (secondary N) is 2. The van der Waals surface area contributed by atoms with E-state index in [-0.39, 0.29) is 24.6 Å². The first kappa shape index (κ1) is 17.7. The first-order chi connectivity index (χ1) is 12.4. The molecule has 0 bridgehead atoms. The van der Waals surface area contributed by atoms with Gasteiger partial charge in [0.25, 0.3) is 11.5 Å². The largest absolute Gasteiger partial charge is 0.484 e. The number of fused-ring (bicyclic) bond motifs is 1. The molecule has 134 valence electrons. The quantitative estimate of drug-likeness (QED) is 0.742. The first-order valence-electron chi connectivity index (χ1n) is 8.52. The van der Waals surface area contributed by atoms with Gasteiger partial charge in [-0.05, 0) is 67.6 Å². The van der Waals surface area contributed by atoms with Gasteiger partial charge in [0.15, 0.2) is 6.61 Å². The summed E-state index contributed by atoms with van der Waals surface area (Å²) in [5.41, 5.74) is 4.50. The average Bonchev–Trinajstić information content (AvgIpc) is 2.61. The molecule has 2 N–H and O–H groups in total. The highest BCUT2D eigenvalue weighted by atomic mass is 16.5. The van der Waals surface area contributed by atoms with E-state index in [1.54, 1.807) is 0 Å². The molecule has 0 aliphatic heterocycles. The molecule has 26 heavy (non-hydrogen) atoms. The van der Waals surface area contributed by atoms with Crippen molar-refractivity contribution in [2.24, 2.45) is 0 Å². The van der Waals surface area contributed by atoms with Crippen LogP contribution in [-0.4, -0.2) is 17.5 Å². The van der Waals surface area contributed by atoms with E-state index in [4.69, 9.17) is 4.74 Å². The molecule has 2 aromatic carbocycles. The predicted octanol–water partition coefficient (Wildman–Crippen LogP) is 3.15. The maximum Gasteiger partial charge on any atom is 0.258 e. The minimum absolute atomic E-state index is 0.0902. The third-order valence-corrected chi connectivity index (χ3v) is 4.40. The van der Waals surface area contributed by atoms with Crippen molar-refractivity contribution >= 4 is 16.8 Å². The molecule has 5 nitrogen and oxygen atoms in total. The van der Waals surface area contributed by atoms with E-state index in [0.717, 1.165) is 22.0 Å². The molecule has 1 aromatic heterocycles. The topological polar surface area (TPSA) is 71.2 Å². The van der Waals surface area contributed by atoms with E-state index in [1.165, 1.54) is 5.56 Å². The fourth-order valence-electron chi connectivity index (χ4n) is 2.70. The number of carbonyl (C=O) groups is 1. The van der Waals surface area contributed by atoms with Gasteiger partial charge in [-0.25, -0.2) is 0 Å². The Bertz CT molecular complexity index is 1020. The fourth-order valence-corrected chi connectivity index (χ4v) is 2.70. The molecule has 0 atom stereocenters. The molecule has 0 aliphatic rings. The van der Waals surface area contributed by atoms with Gasteiger partial charge in [0.2, 0.25) is 0 Å². The lowest BCUT2D eigenvalue weighted by atomic mass is 10.1. The van der Waals surface area contributed by atoms with Crippen LogP contribution in [0.15, 0.2) is 47.3 Å². The number of ether oxygens (including phenoxy) is 1. The average molecular weight is 350 g/mol. The van der Waals surface area contributed by atoms with Gasteiger partial charge in [-0.1, -0.05) is 17.7 Å². The molecule has 3 rings (SSSR count). The van der Waals surface area contributed by atoms with Crippen LogP contribution in [0.2, 0.25) is 0 Å². The Kier molecular flexibility index (Phi) is 5.07. The maximum atomic E-state index is 12.1. The zero-order valence-electron chi connectivity index (χ0n) is 15.2. The fraction of sp³-hybridized carbons (Fsp3) is 0.238. The number of hydrogen-bond acceptors (Lipinski definition) is 3. The first-order valence-corrected chi connectivity index (χ1v) is 8.52. The molecule has 1 heterocycles. The molecule has 1 amide bonds. The number of hydrogen-bond donors (Lipinski definition) is 2. The van der Waals surface area contributed by atoms with Crippen molar-refractivity contribution in [3.05, 3.63) is 75.1 Å². The Morgan fingerprint density at radius 1 is 1.04 bits per heavy atom. The summed E-state index contributed by atoms with van der Waals surface area (Å²) in [7, 11) is 0. The van der Waals surface area contributed by atoms with Crippen molar-refractivity contribution < 1.29 is 9.53 Å². The molecule has 5 heteroatoms. The van der Waals surface area contributed by atoms with Gasteiger partial charge in [0.1, 0.15) is 5.75 Å². The third kappa shape index (κ3) is 4.11. The van der Waals surface area contributed by atoms with Crippen LogP contribution in [0, 0.1) is 20.8 Å². The molecule has 0 saturated heterocycles. The predicted molar refractivity (Wildman–Crippen MR) is 103 cm³/mol. The van der Waals surface area contributed by atoms with Crippen LogP contribution in [0.1, 0.15) is 22.3 Å². The molecule has 0 saturated carbocycles. The molecule has 0 spiro atoms. The van der Waals surface area contributed by atoms with E-state index in [2.05, 4.69) is 10.3 Å². The number of pyridine rings is 1. The van der Waals surface area contributed by atoms with E-state index in [0.29, 0.717) is 11.3 Å². The van der Waals surface area contributed by atoms with E-state index < -0.39 is 0 Å². The van der Waals surface area contributed by atoms with Gasteiger partial charge in [-0.3, -0.25) is 9.59 Å². The summed E-state index contributed by atoms with van der Waals surface area (Å²) < 4.78 is 5.51. The van der Waals surface area contributed by atoms with Gasteiger partial charge < -0.3 is 15.0 Å². The molecular weight excluding hydrogens is 328 g/mol. The van der Waals surface area contributed by atoms with Gasteiger partial charge in [0.05, 0.1) is 0 Å². The number of benzene rings is 2. The van der Waals surface area contributed by atoms with Crippen LogP contribution in [-0.2, 0) is 11.3 Å². The second-order valence-corrected chi connectivity index (χ2v) is 6.53. The maximum absolute atomic E-state index is 12.1. The van der Waals surface area contributed by atoms with Gasteiger partial charge in [0, 0.05) is 17.6 Å². The highest BCUT2D eigenvalue weighted by Crippen LogP contribution is 2.16. The zero-order valence-corrected chi connectivity index (χ0v) is 15.2. The van der Waals surface area contributed by atoms with Crippen LogP contribution in [0.5, 0.6) is 5.75 Å². The lowest BCUT2D eigenvalue weighted by Gasteiger charge is -2.09. The van der Waals surface area contributed by atoms with Gasteiger partial charge >= 0.3 is 0 Å². The minimum Gasteiger partial charge on any atom is -0.484 e. The van der Waals surface area contributed by atoms with Crippen molar-refractivity contribution in [3.63, 3.8) is 0 Å². The van der Waals surface area contributed by atoms with Crippen LogP contribution in [0.4, 0.5) is 0 Å². The van der Waals surface area contributed by atoms with Crippen molar-refractivity contribution in [1.29, 1.82) is 0 Å². The van der Waals surface area contributed by atoms with Gasteiger partial charge in [-0.2, -0.15) is 0 Å². The minimum atomic E-state index is -0.271. The molecule has 0 radical (unpaired) electrons. The molecule has 0 fully saturated rings. The van der Waals surface area contributed by atoms with Crippen LogP contribution >= 0.6 is 0 Å². The SMILES string of the molecule is Cc1ccc2[nH]c(=O)c(CNC(=O)COc3ccc(C)c(C)c3)cc2c1. The second kappa shape index (κ2) is 7.44. The Morgan fingerprint density at radius 3 is 2.62 bits per heavy atom. The Morgan fingerprint density at radius 2 is 1.85 bits per heavy atom. The summed E-state index contributed by atoms with van der Waals surface area (Å²) in [4.78, 5) is 27.0. The highest BCUT2D eigenvalue weighted by Gasteiger charge is 2.07. The van der Waals surface area contributed by atoms with Crippen molar-refractivity contribution in [2.75, 3.05) is 6.61 Å². The van der Waals surface area contributed by atoms with E-state index in [9.17, 15) is 9.59 Å². The van der Waals surface area contributed by atoms with Gasteiger partial charge in [-0.15, -0.1) is 0 Å². The van der Waals surface area contributed by atoms with E-state index in [1.807, 2.05) is 63.2 Å². The Labute approximate surface area is 152 Å².